The molecule has 2 aromatic carbocycles. The number of carbonyl (C=O) groups is 1. The van der Waals surface area contributed by atoms with Gasteiger partial charge in [0.1, 0.15) is 16.8 Å². The number of amides is 1. The van der Waals surface area contributed by atoms with Gasteiger partial charge in [-0.3, -0.25) is 10.1 Å². The number of hydrogen-bond acceptors (Lipinski definition) is 9. The number of ether oxygens (including phenoxy) is 1. The molecule has 0 spiro atoms. The number of carbonyl (C=O) groups excluding carboxylic acids is 1. The van der Waals surface area contributed by atoms with Crippen LogP contribution in [0.1, 0.15) is 31.4 Å². The van der Waals surface area contributed by atoms with Gasteiger partial charge in [0.05, 0.1) is 23.6 Å². The van der Waals surface area contributed by atoms with Crippen molar-refractivity contribution >= 4 is 45.9 Å². The van der Waals surface area contributed by atoms with Crippen molar-refractivity contribution in [2.75, 3.05) is 18.2 Å². The molecular formula is C28H27N5O2S3. The van der Waals surface area contributed by atoms with Crippen LogP contribution in [0.5, 0.6) is 5.75 Å². The van der Waals surface area contributed by atoms with Gasteiger partial charge >= 0.3 is 0 Å². The predicted molar refractivity (Wildman–Crippen MR) is 156 cm³/mol. The number of aromatic nitrogens is 3. The minimum atomic E-state index is -0.474. The number of aryl methyl sites for hydroxylation is 1. The first kappa shape index (κ1) is 27.6. The average molecular weight is 562 g/mol. The number of thioether (sulfide) groups is 2. The van der Waals surface area contributed by atoms with E-state index < -0.39 is 5.25 Å². The number of nitrogens with zero attached hydrogens (tertiary/aromatic N) is 4. The zero-order valence-electron chi connectivity index (χ0n) is 21.5. The van der Waals surface area contributed by atoms with Crippen molar-refractivity contribution in [3.8, 4) is 34.2 Å². The highest BCUT2D eigenvalue weighted by molar-refractivity contribution is 8.01. The van der Waals surface area contributed by atoms with E-state index in [2.05, 4.69) is 21.6 Å². The summed E-state index contributed by atoms with van der Waals surface area (Å²) >= 11 is 4.23. The van der Waals surface area contributed by atoms with Gasteiger partial charge in [0.25, 0.3) is 0 Å². The van der Waals surface area contributed by atoms with Crippen molar-refractivity contribution in [3.05, 3.63) is 65.7 Å². The molecule has 1 atom stereocenters. The molecular weight excluding hydrogens is 535 g/mol. The average Bonchev–Trinajstić information content (AvgIpc) is 3.38. The Balaban J connectivity index is 1.72. The second-order valence-electron chi connectivity index (χ2n) is 8.25. The lowest BCUT2D eigenvalue weighted by molar-refractivity contribution is -0.115. The van der Waals surface area contributed by atoms with Crippen LogP contribution in [-0.4, -0.2) is 39.2 Å². The second-order valence-corrected chi connectivity index (χ2v) is 11.9. The van der Waals surface area contributed by atoms with Crippen LogP contribution in [0.4, 0.5) is 5.13 Å². The SMILES string of the molecule is CCSc1nnc(NC(=O)C(CC)Sc2nc(-c3ccc(OC)cc3)cc(-c3ccc(C)cc3)c2C#N)s1. The lowest BCUT2D eigenvalue weighted by atomic mass is 9.98. The summed E-state index contributed by atoms with van der Waals surface area (Å²) in [5.41, 5.74) is 4.86. The van der Waals surface area contributed by atoms with Crippen molar-refractivity contribution in [2.45, 2.75) is 41.8 Å². The van der Waals surface area contributed by atoms with Crippen molar-refractivity contribution in [2.24, 2.45) is 0 Å². The van der Waals surface area contributed by atoms with E-state index in [1.54, 1.807) is 18.9 Å². The van der Waals surface area contributed by atoms with E-state index in [1.807, 2.05) is 75.4 Å². The zero-order chi connectivity index (χ0) is 27.1. The van der Waals surface area contributed by atoms with Crippen LogP contribution in [0.25, 0.3) is 22.4 Å². The Kier molecular flexibility index (Phi) is 9.39. The maximum Gasteiger partial charge on any atom is 0.239 e. The number of pyridine rings is 1. The summed E-state index contributed by atoms with van der Waals surface area (Å²) in [6.07, 6.45) is 0.547. The molecule has 38 heavy (non-hydrogen) atoms. The van der Waals surface area contributed by atoms with Crippen molar-refractivity contribution in [3.63, 3.8) is 0 Å². The highest BCUT2D eigenvalue weighted by Gasteiger charge is 2.24. The van der Waals surface area contributed by atoms with E-state index in [0.29, 0.717) is 27.8 Å². The molecule has 2 aromatic heterocycles. The van der Waals surface area contributed by atoms with Crippen LogP contribution < -0.4 is 10.1 Å². The molecule has 7 nitrogen and oxygen atoms in total. The Morgan fingerprint density at radius 2 is 1.82 bits per heavy atom. The third-order valence-corrected chi connectivity index (χ3v) is 8.87. The number of benzene rings is 2. The third kappa shape index (κ3) is 6.54. The highest BCUT2D eigenvalue weighted by atomic mass is 32.2. The molecule has 0 aliphatic rings. The lowest BCUT2D eigenvalue weighted by Gasteiger charge is -2.17. The number of hydrogen-bond donors (Lipinski definition) is 1. The topological polar surface area (TPSA) is 101 Å². The number of nitrogens with one attached hydrogen (secondary N) is 1. The molecule has 1 amide bonds. The van der Waals surface area contributed by atoms with E-state index in [0.717, 1.165) is 38.1 Å². The van der Waals surface area contributed by atoms with Crippen LogP contribution >= 0.6 is 34.9 Å². The fourth-order valence-electron chi connectivity index (χ4n) is 3.67. The normalized spacial score (nSPS) is 11.6. The molecule has 0 saturated heterocycles. The van der Waals surface area contributed by atoms with Crippen molar-refractivity contribution in [1.29, 1.82) is 5.26 Å². The summed E-state index contributed by atoms with van der Waals surface area (Å²) in [6.45, 7) is 6.01. The van der Waals surface area contributed by atoms with Gasteiger partial charge in [-0.25, -0.2) is 4.98 Å². The van der Waals surface area contributed by atoms with Gasteiger partial charge in [0.2, 0.25) is 11.0 Å². The molecule has 1 unspecified atom stereocenters. The quantitative estimate of drug-likeness (QED) is 0.162. The van der Waals surface area contributed by atoms with E-state index in [9.17, 15) is 10.1 Å². The Morgan fingerprint density at radius 1 is 1.11 bits per heavy atom. The third-order valence-electron chi connectivity index (χ3n) is 5.67. The first-order chi connectivity index (χ1) is 18.4. The molecule has 10 heteroatoms. The summed E-state index contributed by atoms with van der Waals surface area (Å²) in [6, 6.07) is 20.0. The van der Waals surface area contributed by atoms with E-state index in [4.69, 9.17) is 9.72 Å². The van der Waals surface area contributed by atoms with Crippen LogP contribution in [0, 0.1) is 18.3 Å². The Labute approximate surface area is 235 Å². The Hall–Kier alpha value is -3.39. The molecule has 0 aliphatic heterocycles. The summed E-state index contributed by atoms with van der Waals surface area (Å²) in [7, 11) is 1.63. The molecule has 0 saturated carbocycles. The monoisotopic (exact) mass is 561 g/mol. The number of nitriles is 1. The van der Waals surface area contributed by atoms with E-state index in [-0.39, 0.29) is 5.91 Å². The first-order valence-electron chi connectivity index (χ1n) is 12.1. The summed E-state index contributed by atoms with van der Waals surface area (Å²) in [5.74, 6) is 1.43. The highest BCUT2D eigenvalue weighted by Crippen LogP contribution is 2.37. The largest absolute Gasteiger partial charge is 0.497 e. The smallest absolute Gasteiger partial charge is 0.239 e. The predicted octanol–water partition coefficient (Wildman–Crippen LogP) is 7.08. The van der Waals surface area contributed by atoms with E-state index in [1.165, 1.54) is 23.1 Å². The second kappa shape index (κ2) is 12.9. The van der Waals surface area contributed by atoms with Gasteiger partial charge in [-0.2, -0.15) is 5.26 Å². The zero-order valence-corrected chi connectivity index (χ0v) is 24.0. The molecule has 0 fully saturated rings. The molecule has 0 aliphatic carbocycles. The molecule has 0 radical (unpaired) electrons. The molecule has 4 aromatic rings. The van der Waals surface area contributed by atoms with Gasteiger partial charge in [0, 0.05) is 11.1 Å². The van der Waals surface area contributed by atoms with Gasteiger partial charge in [0.15, 0.2) is 4.34 Å². The van der Waals surface area contributed by atoms with Gasteiger partial charge in [-0.15, -0.1) is 10.2 Å². The van der Waals surface area contributed by atoms with E-state index >= 15 is 0 Å². The fraction of sp³-hybridized carbons (Fsp3) is 0.250. The van der Waals surface area contributed by atoms with Crippen LogP contribution in [0.3, 0.4) is 0 Å². The van der Waals surface area contributed by atoms with Crippen LogP contribution in [-0.2, 0) is 4.79 Å². The molecule has 2 heterocycles. The van der Waals surface area contributed by atoms with Gasteiger partial charge < -0.3 is 4.74 Å². The van der Waals surface area contributed by atoms with Gasteiger partial charge in [-0.05, 0) is 55.0 Å². The Bertz CT molecular complexity index is 1450. The van der Waals surface area contributed by atoms with Crippen LogP contribution in [0.15, 0.2) is 64.0 Å². The first-order valence-corrected chi connectivity index (χ1v) is 14.7. The van der Waals surface area contributed by atoms with Crippen molar-refractivity contribution in [1.82, 2.24) is 15.2 Å². The van der Waals surface area contributed by atoms with Crippen molar-refractivity contribution < 1.29 is 9.53 Å². The van der Waals surface area contributed by atoms with Gasteiger partial charge in [-0.1, -0.05) is 78.5 Å². The maximum atomic E-state index is 13.2. The standard InChI is InChI=1S/C28H27N5O2S3/c1-5-24(25(34)31-27-32-33-28(38-27)36-6-2)37-26-22(16-29)21(18-9-7-17(3)8-10-18)15-23(30-26)19-11-13-20(35-4)14-12-19/h7-15,24H,5-6H2,1-4H3,(H,31,32,34). The maximum absolute atomic E-state index is 13.2. The lowest BCUT2D eigenvalue weighted by Crippen LogP contribution is -2.24. The minimum absolute atomic E-state index is 0.195. The minimum Gasteiger partial charge on any atom is -0.497 e. The molecule has 4 rings (SSSR count). The fourth-order valence-corrected chi connectivity index (χ4v) is 6.35. The summed E-state index contributed by atoms with van der Waals surface area (Å²) < 4.78 is 6.12. The summed E-state index contributed by atoms with van der Waals surface area (Å²) in [4.78, 5) is 18.1. The molecule has 1 N–H and O–H groups in total. The number of anilines is 1. The number of rotatable bonds is 10. The molecule has 194 valence electrons. The Morgan fingerprint density at radius 3 is 2.45 bits per heavy atom. The molecule has 0 bridgehead atoms. The summed E-state index contributed by atoms with van der Waals surface area (Å²) in [5, 5.41) is 21.8. The van der Waals surface area contributed by atoms with Crippen LogP contribution in [0.2, 0.25) is 0 Å². The number of methoxy groups -OCH3 is 1.